The van der Waals surface area contributed by atoms with E-state index < -0.39 is 65.8 Å². The number of fused-ring (bicyclic) bond motifs is 6. The van der Waals surface area contributed by atoms with Crippen molar-refractivity contribution >= 4 is 34.7 Å². The summed E-state index contributed by atoms with van der Waals surface area (Å²) in [5.74, 6) is -1.95. The SMILES string of the molecule is C=CCOCN1CCOC2(C1)CN(C(=O)N(C)[C@H](C(=O)N[C@H]1Cc3cccc(c3)-c3ccc4c(c3)c(c(-c3cccnc3[C@H](C)OC)n4CC(F)(F)F)CC(C)(C)COC(=O)[C@@H]3CCCN(N3)C1=O)C(C)C)C2. The Bertz CT molecular complexity index is 2680. The van der Waals surface area contributed by atoms with Crippen LogP contribution >= 0.6 is 0 Å². The van der Waals surface area contributed by atoms with Gasteiger partial charge in [0.25, 0.3) is 5.91 Å². The highest BCUT2D eigenvalue weighted by molar-refractivity contribution is 5.96. The molecule has 2 aromatic carbocycles. The van der Waals surface area contributed by atoms with Gasteiger partial charge in [0.2, 0.25) is 5.91 Å². The second kappa shape index (κ2) is 21.9. The predicted octanol–water partition coefficient (Wildman–Crippen LogP) is 6.91. The van der Waals surface area contributed by atoms with E-state index in [2.05, 4.69) is 27.2 Å². The Kier molecular flexibility index (Phi) is 16.0. The minimum absolute atomic E-state index is 0.0302. The van der Waals surface area contributed by atoms with Gasteiger partial charge in [0.1, 0.15) is 30.3 Å². The first kappa shape index (κ1) is 53.4. The number of carbonyl (C=O) groups is 4. The summed E-state index contributed by atoms with van der Waals surface area (Å²) in [6.45, 7) is 15.2. The number of benzene rings is 2. The molecular formula is C54H69F3N8O8. The Hall–Kier alpha value is -5.86. The molecule has 19 heteroatoms. The van der Waals surface area contributed by atoms with Gasteiger partial charge in [-0.05, 0) is 78.6 Å². The van der Waals surface area contributed by atoms with E-state index in [-0.39, 0.29) is 37.9 Å². The van der Waals surface area contributed by atoms with E-state index >= 15 is 0 Å². The van der Waals surface area contributed by atoms with E-state index in [0.717, 1.165) is 5.56 Å². The van der Waals surface area contributed by atoms with Crippen LogP contribution in [0.4, 0.5) is 18.0 Å². The number of hydrogen-bond donors (Lipinski definition) is 2. The first-order valence-electron chi connectivity index (χ1n) is 25.1. The average molecular weight is 1020 g/mol. The van der Waals surface area contributed by atoms with Crippen molar-refractivity contribution in [2.75, 3.05) is 73.4 Å². The molecule has 6 heterocycles. The maximum Gasteiger partial charge on any atom is 0.406 e. The zero-order valence-electron chi connectivity index (χ0n) is 42.9. The van der Waals surface area contributed by atoms with Gasteiger partial charge in [0.15, 0.2) is 0 Å². The number of hydrazine groups is 1. The normalized spacial score (nSPS) is 21.3. The number of nitrogens with one attached hydrogen (secondary N) is 2. The maximum absolute atomic E-state index is 14.8. The highest BCUT2D eigenvalue weighted by Crippen LogP contribution is 2.43. The van der Waals surface area contributed by atoms with Crippen molar-refractivity contribution in [3.63, 3.8) is 0 Å². The molecular weight excluding hydrogens is 946 g/mol. The maximum atomic E-state index is 14.8. The number of esters is 1. The van der Waals surface area contributed by atoms with E-state index in [4.69, 9.17) is 18.9 Å². The summed E-state index contributed by atoms with van der Waals surface area (Å²) in [7, 11) is 3.11. The van der Waals surface area contributed by atoms with Gasteiger partial charge in [-0.1, -0.05) is 64.1 Å². The van der Waals surface area contributed by atoms with E-state index in [0.29, 0.717) is 104 Å². The number of rotatable bonds is 12. The van der Waals surface area contributed by atoms with Gasteiger partial charge in [-0.3, -0.25) is 29.3 Å². The summed E-state index contributed by atoms with van der Waals surface area (Å²) >= 11 is 0. The van der Waals surface area contributed by atoms with Crippen molar-refractivity contribution in [2.24, 2.45) is 11.3 Å². The van der Waals surface area contributed by atoms with Crippen LogP contribution in [0.3, 0.4) is 0 Å². The number of nitrogens with zero attached hydrogens (tertiary/aromatic N) is 6. The Labute approximate surface area is 425 Å². The third-order valence-corrected chi connectivity index (χ3v) is 14.3. The van der Waals surface area contributed by atoms with Crippen molar-refractivity contribution in [2.45, 2.75) is 103 Å². The summed E-state index contributed by atoms with van der Waals surface area (Å²) in [4.78, 5) is 67.4. The Balaban J connectivity index is 1.14. The number of morpholine rings is 1. The van der Waals surface area contributed by atoms with Crippen LogP contribution in [0.15, 0.2) is 73.4 Å². The second-order valence-electron chi connectivity index (χ2n) is 21.1. The van der Waals surface area contributed by atoms with Crippen LogP contribution in [0.1, 0.15) is 70.4 Å². The van der Waals surface area contributed by atoms with E-state index in [1.54, 1.807) is 55.4 Å². The van der Waals surface area contributed by atoms with Crippen molar-refractivity contribution in [1.29, 1.82) is 0 Å². The van der Waals surface area contributed by atoms with E-state index in [9.17, 15) is 32.3 Å². The largest absolute Gasteiger partial charge is 0.464 e. The van der Waals surface area contributed by atoms with Gasteiger partial charge in [-0.2, -0.15) is 13.2 Å². The minimum Gasteiger partial charge on any atom is -0.464 e. The number of aromatic nitrogens is 2. The zero-order valence-corrected chi connectivity index (χ0v) is 42.9. The molecule has 4 atom stereocenters. The van der Waals surface area contributed by atoms with Crippen LogP contribution < -0.4 is 10.7 Å². The first-order chi connectivity index (χ1) is 34.7. The Morgan fingerprint density at radius 2 is 1.82 bits per heavy atom. The molecule has 0 radical (unpaired) electrons. The van der Waals surface area contributed by atoms with Gasteiger partial charge in [0.05, 0.1) is 57.1 Å². The number of urea groups is 1. The number of ether oxygens (including phenoxy) is 4. The van der Waals surface area contributed by atoms with Crippen LogP contribution in [-0.4, -0.2) is 156 Å². The van der Waals surface area contributed by atoms with Gasteiger partial charge >= 0.3 is 18.2 Å². The number of hydrogen-bond acceptors (Lipinski definition) is 11. The molecule has 3 fully saturated rings. The van der Waals surface area contributed by atoms with Crippen LogP contribution in [0, 0.1) is 11.3 Å². The fraction of sp³-hybridized carbons (Fsp3) is 0.537. The standard InChI is InChI=1S/C54H69F3N8O8/c1-9-22-71-33-62-21-23-73-53(28-62)29-63(30-53)51(69)61(7)46(34(2)3)48(66)59-43-25-36-13-10-14-37(24-36)38-17-18-44-40(26-38)41(27-52(5,6)32-72-50(68)42-16-12-20-65(60-42)49(43)67)47(64(44)31-54(55,56)57)39-15-11-19-58-45(39)35(4)70-8/h9-11,13-15,17-19,24,26,34-35,42-43,46,60H,1,12,16,20-23,25,27-33H2,2-8H3,(H,59,66)/t35-,42-,43-,46-/m0/s1. The summed E-state index contributed by atoms with van der Waals surface area (Å²) in [6, 6.07) is 13.0. The highest BCUT2D eigenvalue weighted by Gasteiger charge is 2.51. The third kappa shape index (κ3) is 11.9. The number of methoxy groups -OCH3 is 1. The molecule has 4 amide bonds. The lowest BCUT2D eigenvalue weighted by atomic mass is 9.84. The van der Waals surface area contributed by atoms with Gasteiger partial charge < -0.3 is 38.6 Å². The quantitative estimate of drug-likeness (QED) is 0.0863. The molecule has 394 valence electrons. The number of cyclic esters (lactones) is 1. The molecule has 4 aliphatic heterocycles. The Morgan fingerprint density at radius 1 is 1.05 bits per heavy atom. The van der Waals surface area contributed by atoms with Gasteiger partial charge in [-0.15, -0.1) is 6.58 Å². The van der Waals surface area contributed by atoms with Crippen molar-refractivity contribution in [3.05, 3.63) is 90.3 Å². The highest BCUT2D eigenvalue weighted by atomic mass is 19.4. The van der Waals surface area contributed by atoms with Crippen molar-refractivity contribution in [3.8, 4) is 22.4 Å². The molecule has 73 heavy (non-hydrogen) atoms. The van der Waals surface area contributed by atoms with Crippen LogP contribution in [0.5, 0.6) is 0 Å². The number of carbonyl (C=O) groups excluding carboxylic acids is 4. The summed E-state index contributed by atoms with van der Waals surface area (Å²) < 4.78 is 69.1. The number of pyridine rings is 1. The number of likely N-dealkylation sites (tertiary alicyclic amines) is 1. The minimum atomic E-state index is -4.59. The molecule has 4 aliphatic rings. The van der Waals surface area contributed by atoms with Crippen molar-refractivity contribution in [1.82, 2.24) is 40.0 Å². The van der Waals surface area contributed by atoms with Crippen LogP contribution in [-0.2, 0) is 52.7 Å². The molecule has 3 saturated heterocycles. The summed E-state index contributed by atoms with van der Waals surface area (Å²) in [5.41, 5.74) is 6.17. The monoisotopic (exact) mass is 1010 g/mol. The molecule has 2 N–H and O–H groups in total. The first-order valence-corrected chi connectivity index (χ1v) is 25.1. The molecule has 0 saturated carbocycles. The van der Waals surface area contributed by atoms with Crippen molar-refractivity contribution < 1.29 is 51.3 Å². The number of alkyl halides is 3. The number of halogens is 3. The fourth-order valence-corrected chi connectivity index (χ4v) is 10.8. The van der Waals surface area contributed by atoms with Gasteiger partial charge in [0, 0.05) is 68.3 Å². The van der Waals surface area contributed by atoms with Gasteiger partial charge in [-0.25, -0.2) is 10.2 Å². The summed E-state index contributed by atoms with van der Waals surface area (Å²) in [5, 5.41) is 4.98. The molecule has 16 nitrogen and oxygen atoms in total. The second-order valence-corrected chi connectivity index (χ2v) is 21.1. The van der Waals surface area contributed by atoms with Crippen LogP contribution in [0.25, 0.3) is 33.3 Å². The smallest absolute Gasteiger partial charge is 0.406 e. The number of amides is 4. The topological polar surface area (TPSA) is 160 Å². The molecule has 1 spiro atoms. The molecule has 8 rings (SSSR count). The zero-order chi connectivity index (χ0) is 52.4. The third-order valence-electron chi connectivity index (χ3n) is 14.3. The lowest BCUT2D eigenvalue weighted by molar-refractivity contribution is -0.184. The molecule has 6 bridgehead atoms. The number of likely N-dealkylation sites (N-methyl/N-ethyl adjacent to an activating group) is 1. The molecule has 2 aromatic heterocycles. The average Bonchev–Trinajstić information content (AvgIpc) is 3.63. The molecule has 4 aromatic rings. The van der Waals surface area contributed by atoms with Crippen LogP contribution in [0.2, 0.25) is 0 Å². The molecule has 0 aliphatic carbocycles. The van der Waals surface area contributed by atoms with E-state index in [1.807, 2.05) is 58.0 Å². The summed E-state index contributed by atoms with van der Waals surface area (Å²) in [6.07, 6.45) is -0.778. The lowest BCUT2D eigenvalue weighted by Crippen LogP contribution is -2.73. The fourth-order valence-electron chi connectivity index (χ4n) is 10.8. The molecule has 0 unspecified atom stereocenters. The van der Waals surface area contributed by atoms with E-state index in [1.165, 1.54) is 21.6 Å². The lowest BCUT2D eigenvalue weighted by Gasteiger charge is -2.54. The Morgan fingerprint density at radius 3 is 2.55 bits per heavy atom. The predicted molar refractivity (Wildman–Crippen MR) is 269 cm³/mol.